The lowest BCUT2D eigenvalue weighted by atomic mass is 9.65. The second kappa shape index (κ2) is 5.50. The third-order valence-corrected chi connectivity index (χ3v) is 5.14. The predicted octanol–water partition coefficient (Wildman–Crippen LogP) is 3.94. The topological polar surface area (TPSA) is 45.2 Å². The van der Waals surface area contributed by atoms with Crippen molar-refractivity contribution in [2.24, 2.45) is 10.8 Å². The lowest BCUT2D eigenvalue weighted by Crippen LogP contribution is -2.38. The summed E-state index contributed by atoms with van der Waals surface area (Å²) < 4.78 is 0. The molecule has 23 heavy (non-hydrogen) atoms. The monoisotopic (exact) mass is 315 g/mol. The van der Waals surface area contributed by atoms with E-state index in [-0.39, 0.29) is 17.4 Å². The van der Waals surface area contributed by atoms with Crippen molar-refractivity contribution in [2.75, 3.05) is 11.9 Å². The van der Waals surface area contributed by atoms with Crippen LogP contribution in [0, 0.1) is 10.8 Å². The van der Waals surface area contributed by atoms with Gasteiger partial charge in [-0.25, -0.2) is 4.98 Å². The summed E-state index contributed by atoms with van der Waals surface area (Å²) in [6.07, 6.45) is 5.18. The standard InChI is InChI=1S/C19H29N3O/c1-13(2)21-16-15(7-6-8-20-16)17(23)22-12-19(5)10-14(22)9-18(3,4)11-19/h6-8,13-14H,9-12H2,1-5H3,(H,20,21). The van der Waals surface area contributed by atoms with E-state index in [0.29, 0.717) is 22.8 Å². The molecule has 2 atom stereocenters. The van der Waals surface area contributed by atoms with Gasteiger partial charge in [0.2, 0.25) is 0 Å². The highest BCUT2D eigenvalue weighted by Gasteiger charge is 2.51. The van der Waals surface area contributed by atoms with Gasteiger partial charge in [-0.15, -0.1) is 0 Å². The molecule has 1 saturated carbocycles. The zero-order chi connectivity index (χ0) is 16.8. The summed E-state index contributed by atoms with van der Waals surface area (Å²) in [5.41, 5.74) is 1.28. The SMILES string of the molecule is CC(C)Nc1ncccc1C(=O)N1CC2(C)CC1CC(C)(C)C2. The molecule has 0 spiro atoms. The van der Waals surface area contributed by atoms with Gasteiger partial charge < -0.3 is 10.2 Å². The number of carbonyl (C=O) groups excluding carboxylic acids is 1. The number of rotatable bonds is 3. The van der Waals surface area contributed by atoms with Gasteiger partial charge in [-0.2, -0.15) is 0 Å². The fraction of sp³-hybridized carbons (Fsp3) is 0.684. The first kappa shape index (κ1) is 16.3. The quantitative estimate of drug-likeness (QED) is 0.919. The van der Waals surface area contributed by atoms with E-state index in [0.717, 1.165) is 19.4 Å². The van der Waals surface area contributed by atoms with Gasteiger partial charge in [-0.3, -0.25) is 4.79 Å². The molecular weight excluding hydrogens is 286 g/mol. The molecule has 3 rings (SSSR count). The highest BCUT2D eigenvalue weighted by Crippen LogP contribution is 2.52. The average Bonchev–Trinajstić information content (AvgIpc) is 2.67. The summed E-state index contributed by atoms with van der Waals surface area (Å²) in [6, 6.07) is 4.37. The van der Waals surface area contributed by atoms with Crippen LogP contribution in [0.15, 0.2) is 18.3 Å². The summed E-state index contributed by atoms with van der Waals surface area (Å²) >= 11 is 0. The molecule has 4 heteroatoms. The van der Waals surface area contributed by atoms with Crippen LogP contribution in [-0.2, 0) is 0 Å². The summed E-state index contributed by atoms with van der Waals surface area (Å²) in [6.45, 7) is 12.0. The summed E-state index contributed by atoms with van der Waals surface area (Å²) in [4.78, 5) is 19.7. The molecule has 2 bridgehead atoms. The maximum absolute atomic E-state index is 13.2. The molecule has 2 unspecified atom stereocenters. The number of fused-ring (bicyclic) bond motifs is 2. The van der Waals surface area contributed by atoms with Gasteiger partial charge in [0.1, 0.15) is 5.82 Å². The fourth-order valence-corrected chi connectivity index (χ4v) is 4.82. The Morgan fingerprint density at radius 1 is 1.35 bits per heavy atom. The molecule has 1 aliphatic carbocycles. The fourth-order valence-electron chi connectivity index (χ4n) is 4.82. The van der Waals surface area contributed by atoms with E-state index in [9.17, 15) is 4.79 Å². The van der Waals surface area contributed by atoms with Crippen LogP contribution < -0.4 is 5.32 Å². The smallest absolute Gasteiger partial charge is 0.257 e. The van der Waals surface area contributed by atoms with E-state index in [2.05, 4.69) is 49.8 Å². The number of hydrogen-bond donors (Lipinski definition) is 1. The molecule has 0 radical (unpaired) electrons. The average molecular weight is 315 g/mol. The first-order valence-corrected chi connectivity index (χ1v) is 8.72. The van der Waals surface area contributed by atoms with Crippen molar-refractivity contribution >= 4 is 11.7 Å². The summed E-state index contributed by atoms with van der Waals surface area (Å²) in [5, 5.41) is 3.30. The van der Waals surface area contributed by atoms with Crippen molar-refractivity contribution in [3.8, 4) is 0 Å². The molecule has 1 aromatic rings. The Hall–Kier alpha value is -1.58. The second-order valence-electron chi connectivity index (χ2n) is 8.85. The molecule has 2 fully saturated rings. The largest absolute Gasteiger partial charge is 0.367 e. The number of likely N-dealkylation sites (tertiary alicyclic amines) is 1. The maximum Gasteiger partial charge on any atom is 0.257 e. The Labute approximate surface area is 139 Å². The van der Waals surface area contributed by atoms with Crippen LogP contribution in [0.2, 0.25) is 0 Å². The zero-order valence-electron chi connectivity index (χ0n) is 15.0. The molecule has 1 saturated heterocycles. The minimum atomic E-state index is 0.132. The Morgan fingerprint density at radius 3 is 2.78 bits per heavy atom. The van der Waals surface area contributed by atoms with E-state index in [1.807, 2.05) is 12.1 Å². The lowest BCUT2D eigenvalue weighted by Gasteiger charge is -2.39. The van der Waals surface area contributed by atoms with Crippen LogP contribution in [0.3, 0.4) is 0 Å². The number of hydrogen-bond acceptors (Lipinski definition) is 3. The molecule has 0 aromatic carbocycles. The number of carbonyl (C=O) groups is 1. The van der Waals surface area contributed by atoms with E-state index in [4.69, 9.17) is 0 Å². The Balaban J connectivity index is 1.88. The number of nitrogens with one attached hydrogen (secondary N) is 1. The van der Waals surface area contributed by atoms with Crippen molar-refractivity contribution < 1.29 is 4.79 Å². The van der Waals surface area contributed by atoms with Gasteiger partial charge in [0.15, 0.2) is 0 Å². The van der Waals surface area contributed by atoms with Crippen LogP contribution in [0.5, 0.6) is 0 Å². The summed E-state index contributed by atoms with van der Waals surface area (Å²) in [5.74, 6) is 0.839. The first-order chi connectivity index (χ1) is 10.7. The third kappa shape index (κ3) is 3.22. The number of pyridine rings is 1. The van der Waals surface area contributed by atoms with E-state index in [1.165, 1.54) is 6.42 Å². The Kier molecular flexibility index (Phi) is 3.89. The molecule has 1 N–H and O–H groups in total. The molecule has 1 aliphatic heterocycles. The summed E-state index contributed by atoms with van der Waals surface area (Å²) in [7, 11) is 0. The number of anilines is 1. The molecule has 2 aliphatic rings. The zero-order valence-corrected chi connectivity index (χ0v) is 15.0. The van der Waals surface area contributed by atoms with Crippen molar-refractivity contribution in [3.63, 3.8) is 0 Å². The molecular formula is C19H29N3O. The van der Waals surface area contributed by atoms with E-state index < -0.39 is 0 Å². The Bertz CT molecular complexity index is 610. The van der Waals surface area contributed by atoms with Gasteiger partial charge in [0.05, 0.1) is 5.56 Å². The van der Waals surface area contributed by atoms with Gasteiger partial charge in [-0.05, 0) is 56.1 Å². The van der Waals surface area contributed by atoms with Gasteiger partial charge >= 0.3 is 0 Å². The first-order valence-electron chi connectivity index (χ1n) is 8.72. The van der Waals surface area contributed by atoms with Crippen molar-refractivity contribution in [3.05, 3.63) is 23.9 Å². The molecule has 126 valence electrons. The van der Waals surface area contributed by atoms with Crippen LogP contribution in [0.1, 0.15) is 64.2 Å². The van der Waals surface area contributed by atoms with Crippen LogP contribution in [-0.4, -0.2) is 34.4 Å². The predicted molar refractivity (Wildman–Crippen MR) is 93.6 cm³/mol. The maximum atomic E-state index is 13.2. The third-order valence-electron chi connectivity index (χ3n) is 5.14. The molecule has 1 aromatic heterocycles. The van der Waals surface area contributed by atoms with Gasteiger partial charge in [-0.1, -0.05) is 20.8 Å². The minimum Gasteiger partial charge on any atom is -0.367 e. The highest BCUT2D eigenvalue weighted by atomic mass is 16.2. The minimum absolute atomic E-state index is 0.132. The van der Waals surface area contributed by atoms with Gasteiger partial charge in [0, 0.05) is 24.8 Å². The molecule has 4 nitrogen and oxygen atoms in total. The lowest BCUT2D eigenvalue weighted by molar-refractivity contribution is 0.0709. The second-order valence-corrected chi connectivity index (χ2v) is 8.85. The van der Waals surface area contributed by atoms with Gasteiger partial charge in [0.25, 0.3) is 5.91 Å². The van der Waals surface area contributed by atoms with Crippen molar-refractivity contribution in [1.29, 1.82) is 0 Å². The van der Waals surface area contributed by atoms with Crippen molar-refractivity contribution in [2.45, 2.75) is 66.0 Å². The van der Waals surface area contributed by atoms with E-state index in [1.54, 1.807) is 6.20 Å². The Morgan fingerprint density at radius 2 is 2.09 bits per heavy atom. The number of aromatic nitrogens is 1. The van der Waals surface area contributed by atoms with Crippen LogP contribution in [0.25, 0.3) is 0 Å². The van der Waals surface area contributed by atoms with Crippen LogP contribution in [0.4, 0.5) is 5.82 Å². The van der Waals surface area contributed by atoms with E-state index >= 15 is 0 Å². The van der Waals surface area contributed by atoms with Crippen molar-refractivity contribution in [1.82, 2.24) is 9.88 Å². The molecule has 2 heterocycles. The highest BCUT2D eigenvalue weighted by molar-refractivity contribution is 5.99. The normalized spacial score (nSPS) is 29.0. The number of amides is 1. The molecule has 1 amide bonds. The number of nitrogens with zero attached hydrogens (tertiary/aromatic N) is 2. The van der Waals surface area contributed by atoms with Crippen LogP contribution >= 0.6 is 0 Å².